The second-order valence-corrected chi connectivity index (χ2v) is 5.31. The molecule has 5 heteroatoms. The van der Waals surface area contributed by atoms with Gasteiger partial charge in [-0.15, -0.1) is 0 Å². The van der Waals surface area contributed by atoms with Gasteiger partial charge in [0, 0.05) is 26.1 Å². The molecular formula is C15H23N2O3+. The van der Waals surface area contributed by atoms with Crippen LogP contribution in [0.5, 0.6) is 11.5 Å². The molecular weight excluding hydrogens is 256 g/mol. The van der Waals surface area contributed by atoms with Crippen molar-refractivity contribution in [2.24, 2.45) is 7.05 Å². The molecule has 1 N–H and O–H groups in total. The van der Waals surface area contributed by atoms with Crippen molar-refractivity contribution in [2.75, 3.05) is 19.7 Å². The lowest BCUT2D eigenvalue weighted by Gasteiger charge is -2.20. The van der Waals surface area contributed by atoms with Crippen LogP contribution < -0.4 is 9.30 Å². The number of rotatable bonds is 3. The summed E-state index contributed by atoms with van der Waals surface area (Å²) >= 11 is 0. The van der Waals surface area contributed by atoms with Crippen molar-refractivity contribution in [3.8, 4) is 11.5 Å². The maximum Gasteiger partial charge on any atom is 0.260 e. The van der Waals surface area contributed by atoms with E-state index in [0.29, 0.717) is 5.75 Å². The molecule has 5 nitrogen and oxygen atoms in total. The van der Waals surface area contributed by atoms with E-state index in [4.69, 9.17) is 4.74 Å². The van der Waals surface area contributed by atoms with E-state index in [2.05, 4.69) is 0 Å². The maximum absolute atomic E-state index is 12.1. The summed E-state index contributed by atoms with van der Waals surface area (Å²) in [7, 11) is 1.87. The van der Waals surface area contributed by atoms with Crippen LogP contribution in [0.2, 0.25) is 0 Å². The zero-order chi connectivity index (χ0) is 14.5. The highest BCUT2D eigenvalue weighted by Gasteiger charge is 2.19. The number of hydrogen-bond donors (Lipinski definition) is 1. The summed E-state index contributed by atoms with van der Waals surface area (Å²) in [6, 6.07) is 1.57. The monoisotopic (exact) mass is 279 g/mol. The lowest BCUT2D eigenvalue weighted by atomic mass is 10.2. The Morgan fingerprint density at radius 1 is 1.35 bits per heavy atom. The molecule has 0 aromatic carbocycles. The summed E-state index contributed by atoms with van der Waals surface area (Å²) in [6.45, 7) is 3.47. The lowest BCUT2D eigenvalue weighted by molar-refractivity contribution is -0.678. The first-order chi connectivity index (χ1) is 9.59. The first-order valence-corrected chi connectivity index (χ1v) is 7.18. The van der Waals surface area contributed by atoms with Gasteiger partial charge in [-0.2, -0.15) is 0 Å². The van der Waals surface area contributed by atoms with Gasteiger partial charge in [0.1, 0.15) is 7.05 Å². The zero-order valence-corrected chi connectivity index (χ0v) is 12.3. The minimum Gasteiger partial charge on any atom is -0.504 e. The quantitative estimate of drug-likeness (QED) is 0.849. The molecule has 1 aromatic rings. The fourth-order valence-corrected chi connectivity index (χ4v) is 2.44. The summed E-state index contributed by atoms with van der Waals surface area (Å²) in [5, 5.41) is 9.82. The molecule has 2 rings (SSSR count). The van der Waals surface area contributed by atoms with E-state index in [-0.39, 0.29) is 18.3 Å². The van der Waals surface area contributed by atoms with E-state index < -0.39 is 0 Å². The normalized spacial score (nSPS) is 15.8. The van der Waals surface area contributed by atoms with Crippen LogP contribution in [0.15, 0.2) is 12.3 Å². The standard InChI is InChI=1S/C15H22N2O3/c1-12-15(13(18)7-10-16(12)2)20-11-14(19)17-8-5-3-4-6-9-17/h7,10H,3-6,8-9,11H2,1-2H3/p+1. The number of nitrogens with zero attached hydrogens (tertiary/aromatic N) is 2. The smallest absolute Gasteiger partial charge is 0.260 e. The SMILES string of the molecule is Cc1c(OCC(=O)N2CCCCCC2)c(O)cc[n+]1C. The third-order valence-corrected chi connectivity index (χ3v) is 3.85. The molecule has 1 aliphatic rings. The number of carbonyl (C=O) groups is 1. The Morgan fingerprint density at radius 3 is 2.65 bits per heavy atom. The van der Waals surface area contributed by atoms with Crippen molar-refractivity contribution < 1.29 is 19.2 Å². The van der Waals surface area contributed by atoms with Crippen molar-refractivity contribution in [1.82, 2.24) is 4.90 Å². The molecule has 1 fully saturated rings. The molecule has 1 saturated heterocycles. The molecule has 0 atom stereocenters. The predicted octanol–water partition coefficient (Wildman–Crippen LogP) is 1.31. The molecule has 0 aliphatic carbocycles. The average molecular weight is 279 g/mol. The van der Waals surface area contributed by atoms with E-state index in [1.807, 2.05) is 23.4 Å². The average Bonchev–Trinajstić information content (AvgIpc) is 2.72. The molecule has 20 heavy (non-hydrogen) atoms. The van der Waals surface area contributed by atoms with Crippen LogP contribution in [0.1, 0.15) is 31.4 Å². The summed E-state index contributed by atoms with van der Waals surface area (Å²) in [5.41, 5.74) is 0.800. The third kappa shape index (κ3) is 3.40. The topological polar surface area (TPSA) is 53.6 Å². The van der Waals surface area contributed by atoms with Crippen molar-refractivity contribution >= 4 is 5.91 Å². The van der Waals surface area contributed by atoms with Crippen LogP contribution in [0.3, 0.4) is 0 Å². The van der Waals surface area contributed by atoms with Crippen LogP contribution in [-0.2, 0) is 11.8 Å². The Kier molecular flexibility index (Phi) is 4.82. The molecule has 1 aliphatic heterocycles. The summed E-state index contributed by atoms with van der Waals surface area (Å²) in [6.07, 6.45) is 6.28. The minimum atomic E-state index is -0.0155. The molecule has 0 spiro atoms. The molecule has 0 saturated carbocycles. The number of ether oxygens (including phenoxy) is 1. The van der Waals surface area contributed by atoms with Gasteiger partial charge in [0.15, 0.2) is 18.6 Å². The molecule has 0 unspecified atom stereocenters. The molecule has 110 valence electrons. The Labute approximate surface area is 119 Å². The molecule has 0 radical (unpaired) electrons. The Bertz CT molecular complexity index is 480. The number of likely N-dealkylation sites (tertiary alicyclic amines) is 1. The van der Waals surface area contributed by atoms with Gasteiger partial charge >= 0.3 is 0 Å². The highest BCUT2D eigenvalue weighted by molar-refractivity contribution is 5.77. The van der Waals surface area contributed by atoms with Crippen molar-refractivity contribution in [3.63, 3.8) is 0 Å². The van der Waals surface area contributed by atoms with Gasteiger partial charge in [-0.25, -0.2) is 4.57 Å². The predicted molar refractivity (Wildman–Crippen MR) is 74.6 cm³/mol. The second kappa shape index (κ2) is 6.59. The van der Waals surface area contributed by atoms with Gasteiger partial charge < -0.3 is 14.7 Å². The van der Waals surface area contributed by atoms with Gasteiger partial charge in [0.2, 0.25) is 11.4 Å². The number of aryl methyl sites for hydroxylation is 1. The summed E-state index contributed by atoms with van der Waals surface area (Å²) < 4.78 is 7.39. The highest BCUT2D eigenvalue weighted by atomic mass is 16.5. The number of carbonyl (C=O) groups excluding carboxylic acids is 1. The van der Waals surface area contributed by atoms with Crippen molar-refractivity contribution in [2.45, 2.75) is 32.6 Å². The molecule has 0 bridgehead atoms. The minimum absolute atomic E-state index is 0.00259. The number of hydrogen-bond acceptors (Lipinski definition) is 3. The lowest BCUT2D eigenvalue weighted by Crippen LogP contribution is -2.36. The van der Waals surface area contributed by atoms with Crippen molar-refractivity contribution in [3.05, 3.63) is 18.0 Å². The zero-order valence-electron chi connectivity index (χ0n) is 12.3. The van der Waals surface area contributed by atoms with Gasteiger partial charge in [-0.1, -0.05) is 12.8 Å². The van der Waals surface area contributed by atoms with Crippen LogP contribution in [-0.4, -0.2) is 35.6 Å². The van der Waals surface area contributed by atoms with Crippen LogP contribution in [0, 0.1) is 6.92 Å². The first-order valence-electron chi connectivity index (χ1n) is 7.18. The number of pyridine rings is 1. The number of amides is 1. The van der Waals surface area contributed by atoms with E-state index in [0.717, 1.165) is 31.6 Å². The van der Waals surface area contributed by atoms with Gasteiger partial charge in [0.05, 0.1) is 0 Å². The van der Waals surface area contributed by atoms with Crippen molar-refractivity contribution in [1.29, 1.82) is 0 Å². The Morgan fingerprint density at radius 2 is 2.00 bits per heavy atom. The number of aromatic hydroxyl groups is 1. The van der Waals surface area contributed by atoms with Crippen LogP contribution in [0.4, 0.5) is 0 Å². The van der Waals surface area contributed by atoms with E-state index in [1.165, 1.54) is 12.8 Å². The number of aromatic nitrogens is 1. The fourth-order valence-electron chi connectivity index (χ4n) is 2.44. The summed E-state index contributed by atoms with van der Waals surface area (Å²) in [5.74, 6) is 0.458. The van der Waals surface area contributed by atoms with E-state index >= 15 is 0 Å². The van der Waals surface area contributed by atoms with Gasteiger partial charge in [-0.3, -0.25) is 4.79 Å². The third-order valence-electron chi connectivity index (χ3n) is 3.85. The fraction of sp³-hybridized carbons (Fsp3) is 0.600. The Hall–Kier alpha value is -1.78. The van der Waals surface area contributed by atoms with Crippen LogP contribution >= 0.6 is 0 Å². The second-order valence-electron chi connectivity index (χ2n) is 5.31. The van der Waals surface area contributed by atoms with Gasteiger partial charge in [-0.05, 0) is 12.8 Å². The van der Waals surface area contributed by atoms with Crippen LogP contribution in [0.25, 0.3) is 0 Å². The maximum atomic E-state index is 12.1. The Balaban J connectivity index is 1.98. The molecule has 1 aromatic heterocycles. The largest absolute Gasteiger partial charge is 0.504 e. The van der Waals surface area contributed by atoms with E-state index in [1.54, 1.807) is 12.3 Å². The van der Waals surface area contributed by atoms with Gasteiger partial charge in [0.25, 0.3) is 5.91 Å². The highest BCUT2D eigenvalue weighted by Crippen LogP contribution is 2.26. The summed E-state index contributed by atoms with van der Waals surface area (Å²) in [4.78, 5) is 14.0. The first kappa shape index (κ1) is 14.6. The molecule has 1 amide bonds. The molecule has 2 heterocycles. The van der Waals surface area contributed by atoms with E-state index in [9.17, 15) is 9.90 Å².